The van der Waals surface area contributed by atoms with Crippen LogP contribution in [0.1, 0.15) is 45.4 Å². The average molecular weight is 458 g/mol. The maximum atomic E-state index is 12.9. The number of phenols is 1. The summed E-state index contributed by atoms with van der Waals surface area (Å²) in [6.07, 6.45) is 4.03. The molecule has 0 bridgehead atoms. The summed E-state index contributed by atoms with van der Waals surface area (Å²) < 4.78 is 0. The molecule has 5 amide bonds. The first kappa shape index (κ1) is 23.0. The number of phenolic OH excluding ortho intramolecular Hbond substituents is 1. The number of imide groups is 1. The number of anilines is 1. The van der Waals surface area contributed by atoms with Gasteiger partial charge in [0.05, 0.1) is 12.2 Å². The summed E-state index contributed by atoms with van der Waals surface area (Å²) in [4.78, 5) is 52.2. The molecular formula is C23H31N5O5. The van der Waals surface area contributed by atoms with Gasteiger partial charge in [-0.15, -0.1) is 0 Å². The summed E-state index contributed by atoms with van der Waals surface area (Å²) in [5.41, 5.74) is 1.95. The van der Waals surface area contributed by atoms with Crippen LogP contribution >= 0.6 is 0 Å². The van der Waals surface area contributed by atoms with E-state index in [2.05, 4.69) is 23.0 Å². The van der Waals surface area contributed by atoms with E-state index in [4.69, 9.17) is 0 Å². The summed E-state index contributed by atoms with van der Waals surface area (Å²) >= 11 is 0. The molecule has 1 saturated carbocycles. The number of rotatable bonds is 5. The van der Waals surface area contributed by atoms with Crippen LogP contribution < -0.4 is 16.1 Å². The van der Waals surface area contributed by atoms with Crippen LogP contribution in [-0.2, 0) is 14.4 Å². The molecule has 178 valence electrons. The molecule has 0 unspecified atom stereocenters. The van der Waals surface area contributed by atoms with Gasteiger partial charge in [0.2, 0.25) is 5.91 Å². The van der Waals surface area contributed by atoms with Crippen molar-refractivity contribution in [3.8, 4) is 5.75 Å². The SMILES string of the molecule is CC1CCC2(CC1)NC(=O)N(NC(=O)CN1CCC(C(=O)Nc3ccccc3O)CC1)C2=O. The van der Waals surface area contributed by atoms with Gasteiger partial charge in [0.25, 0.3) is 11.8 Å². The second-order valence-corrected chi connectivity index (χ2v) is 9.43. The number of hydrogen-bond acceptors (Lipinski definition) is 6. The van der Waals surface area contributed by atoms with E-state index in [0.29, 0.717) is 50.4 Å². The van der Waals surface area contributed by atoms with Gasteiger partial charge in [-0.3, -0.25) is 24.7 Å². The van der Waals surface area contributed by atoms with Gasteiger partial charge in [-0.2, -0.15) is 5.01 Å². The molecular weight excluding hydrogens is 426 g/mol. The van der Waals surface area contributed by atoms with Crippen LogP contribution in [0.5, 0.6) is 5.75 Å². The molecule has 1 spiro atoms. The van der Waals surface area contributed by atoms with Crippen molar-refractivity contribution in [2.45, 2.75) is 51.0 Å². The second-order valence-electron chi connectivity index (χ2n) is 9.43. The largest absolute Gasteiger partial charge is 0.506 e. The van der Waals surface area contributed by atoms with Crippen LogP contribution in [0.2, 0.25) is 0 Å². The number of carbonyl (C=O) groups is 4. The highest BCUT2D eigenvalue weighted by Crippen LogP contribution is 2.35. The number of nitrogens with one attached hydrogen (secondary N) is 3. The predicted octanol–water partition coefficient (Wildman–Crippen LogP) is 1.57. The van der Waals surface area contributed by atoms with Crippen molar-refractivity contribution in [3.05, 3.63) is 24.3 Å². The highest BCUT2D eigenvalue weighted by atomic mass is 16.3. The Morgan fingerprint density at radius 2 is 1.79 bits per heavy atom. The molecule has 1 aromatic rings. The fourth-order valence-corrected chi connectivity index (χ4v) is 4.85. The molecule has 10 heteroatoms. The fourth-order valence-electron chi connectivity index (χ4n) is 4.85. The van der Waals surface area contributed by atoms with Gasteiger partial charge in [-0.25, -0.2) is 4.79 Å². The average Bonchev–Trinajstić information content (AvgIpc) is 3.02. The van der Waals surface area contributed by atoms with Gasteiger partial charge < -0.3 is 15.7 Å². The van der Waals surface area contributed by atoms with Crippen LogP contribution in [0, 0.1) is 11.8 Å². The summed E-state index contributed by atoms with van der Waals surface area (Å²) in [5.74, 6) is -0.656. The third kappa shape index (κ3) is 4.95. The lowest BCUT2D eigenvalue weighted by molar-refractivity contribution is -0.140. The molecule has 2 saturated heterocycles. The van der Waals surface area contributed by atoms with Gasteiger partial charge in [0, 0.05) is 5.92 Å². The van der Waals surface area contributed by atoms with E-state index >= 15 is 0 Å². The van der Waals surface area contributed by atoms with E-state index in [-0.39, 0.29) is 30.0 Å². The number of hydrazine groups is 1. The molecule has 4 N–H and O–H groups in total. The molecule has 0 aromatic heterocycles. The minimum absolute atomic E-state index is 0.0185. The minimum Gasteiger partial charge on any atom is -0.506 e. The van der Waals surface area contributed by atoms with Crippen molar-refractivity contribution in [3.63, 3.8) is 0 Å². The second kappa shape index (κ2) is 9.38. The molecule has 2 heterocycles. The highest BCUT2D eigenvalue weighted by Gasteiger charge is 2.52. The van der Waals surface area contributed by atoms with Crippen molar-refractivity contribution in [1.82, 2.24) is 20.7 Å². The summed E-state index contributed by atoms with van der Waals surface area (Å²) in [6.45, 7) is 3.24. The first-order valence-electron chi connectivity index (χ1n) is 11.5. The van der Waals surface area contributed by atoms with Crippen molar-refractivity contribution < 1.29 is 24.3 Å². The topological polar surface area (TPSA) is 131 Å². The van der Waals surface area contributed by atoms with Gasteiger partial charge in [0.15, 0.2) is 0 Å². The Labute approximate surface area is 192 Å². The smallest absolute Gasteiger partial charge is 0.344 e. The highest BCUT2D eigenvalue weighted by molar-refractivity contribution is 6.08. The number of likely N-dealkylation sites (tertiary alicyclic amines) is 1. The van der Waals surface area contributed by atoms with Crippen molar-refractivity contribution in [2.75, 3.05) is 25.0 Å². The Balaban J connectivity index is 1.24. The monoisotopic (exact) mass is 457 g/mol. The number of carbonyl (C=O) groups excluding carboxylic acids is 4. The number of para-hydroxylation sites is 2. The molecule has 3 fully saturated rings. The van der Waals surface area contributed by atoms with Crippen LogP contribution in [0.4, 0.5) is 10.5 Å². The lowest BCUT2D eigenvalue weighted by atomic mass is 9.77. The van der Waals surface area contributed by atoms with E-state index in [9.17, 15) is 24.3 Å². The summed E-state index contributed by atoms with van der Waals surface area (Å²) in [7, 11) is 0. The van der Waals surface area contributed by atoms with Gasteiger partial charge >= 0.3 is 6.03 Å². The molecule has 1 aromatic carbocycles. The molecule has 10 nitrogen and oxygen atoms in total. The van der Waals surface area contributed by atoms with E-state index in [1.165, 1.54) is 6.07 Å². The summed E-state index contributed by atoms with van der Waals surface area (Å²) in [6, 6.07) is 5.99. The fraction of sp³-hybridized carbons (Fsp3) is 0.565. The molecule has 4 rings (SSSR count). The van der Waals surface area contributed by atoms with Crippen LogP contribution in [0.15, 0.2) is 24.3 Å². The molecule has 0 atom stereocenters. The van der Waals surface area contributed by atoms with E-state index < -0.39 is 17.5 Å². The Morgan fingerprint density at radius 1 is 1.12 bits per heavy atom. The van der Waals surface area contributed by atoms with E-state index in [1.54, 1.807) is 18.2 Å². The Morgan fingerprint density at radius 3 is 2.45 bits per heavy atom. The number of hydrogen-bond donors (Lipinski definition) is 4. The third-order valence-electron chi connectivity index (χ3n) is 7.01. The zero-order valence-electron chi connectivity index (χ0n) is 18.8. The first-order chi connectivity index (χ1) is 15.8. The number of urea groups is 1. The number of aromatic hydroxyl groups is 1. The predicted molar refractivity (Wildman–Crippen MR) is 120 cm³/mol. The maximum Gasteiger partial charge on any atom is 0.344 e. The normalized spacial score (nSPS) is 26.3. The zero-order chi connectivity index (χ0) is 23.6. The molecule has 0 radical (unpaired) electrons. The van der Waals surface area contributed by atoms with Crippen LogP contribution in [0.3, 0.4) is 0 Å². The van der Waals surface area contributed by atoms with Crippen LogP contribution in [0.25, 0.3) is 0 Å². The lowest BCUT2D eigenvalue weighted by Gasteiger charge is -2.33. The Bertz CT molecular complexity index is 935. The van der Waals surface area contributed by atoms with Gasteiger partial charge in [0.1, 0.15) is 11.3 Å². The molecule has 1 aliphatic carbocycles. The van der Waals surface area contributed by atoms with Gasteiger partial charge in [-0.05, 0) is 69.7 Å². The summed E-state index contributed by atoms with van der Waals surface area (Å²) in [5, 5.41) is 16.2. The third-order valence-corrected chi connectivity index (χ3v) is 7.01. The first-order valence-corrected chi connectivity index (χ1v) is 11.5. The van der Waals surface area contributed by atoms with Crippen molar-refractivity contribution >= 4 is 29.4 Å². The lowest BCUT2D eigenvalue weighted by Crippen LogP contribution is -2.53. The number of benzene rings is 1. The number of nitrogens with zero attached hydrogens (tertiary/aromatic N) is 2. The molecule has 2 aliphatic heterocycles. The minimum atomic E-state index is -0.893. The maximum absolute atomic E-state index is 12.9. The standard InChI is InChI=1S/C23H31N5O5/c1-15-6-10-23(11-7-15)21(32)28(22(33)25-23)26-19(30)14-27-12-8-16(9-13-27)20(31)24-17-4-2-3-5-18(17)29/h2-5,15-16,29H,6-14H2,1H3,(H,24,31)(H,25,33)(H,26,30). The molecule has 3 aliphatic rings. The zero-order valence-corrected chi connectivity index (χ0v) is 18.8. The van der Waals surface area contributed by atoms with Crippen LogP contribution in [-0.4, -0.2) is 63.9 Å². The van der Waals surface area contributed by atoms with Crippen molar-refractivity contribution in [1.29, 1.82) is 0 Å². The quantitative estimate of drug-likeness (QED) is 0.392. The Hall–Kier alpha value is -3.14. The number of amides is 5. The molecule has 33 heavy (non-hydrogen) atoms. The Kier molecular flexibility index (Phi) is 6.55. The van der Waals surface area contributed by atoms with Gasteiger partial charge in [-0.1, -0.05) is 19.1 Å². The van der Waals surface area contributed by atoms with E-state index in [1.807, 2.05) is 4.90 Å². The number of piperidine rings is 1. The van der Waals surface area contributed by atoms with E-state index in [0.717, 1.165) is 17.9 Å². The van der Waals surface area contributed by atoms with Crippen molar-refractivity contribution in [2.24, 2.45) is 11.8 Å².